The number of nitriles is 1. The highest BCUT2D eigenvalue weighted by Gasteiger charge is 2.21. The van der Waals surface area contributed by atoms with Crippen LogP contribution in [0.1, 0.15) is 42.4 Å². The molecule has 156 valence electrons. The van der Waals surface area contributed by atoms with Crippen LogP contribution in [0.4, 0.5) is 5.82 Å². The van der Waals surface area contributed by atoms with E-state index in [-0.39, 0.29) is 18.6 Å². The van der Waals surface area contributed by atoms with E-state index in [1.807, 2.05) is 56.5 Å². The molecule has 0 atom stereocenters. The Kier molecular flexibility index (Phi) is 6.06. The summed E-state index contributed by atoms with van der Waals surface area (Å²) < 4.78 is 17.3. The number of carbonyl (C=O) groups is 1. The van der Waals surface area contributed by atoms with Gasteiger partial charge in [-0.25, -0.2) is 0 Å². The number of amides is 1. The summed E-state index contributed by atoms with van der Waals surface area (Å²) in [5.41, 5.74) is 2.79. The third-order valence-corrected chi connectivity index (χ3v) is 4.68. The Morgan fingerprint density at radius 1 is 1.30 bits per heavy atom. The summed E-state index contributed by atoms with van der Waals surface area (Å²) in [4.78, 5) is 16.6. The van der Waals surface area contributed by atoms with Gasteiger partial charge in [-0.1, -0.05) is 19.0 Å². The Morgan fingerprint density at radius 3 is 2.57 bits per heavy atom. The van der Waals surface area contributed by atoms with E-state index >= 15 is 0 Å². The van der Waals surface area contributed by atoms with Crippen molar-refractivity contribution in [2.75, 3.05) is 19.0 Å². The third-order valence-electron chi connectivity index (χ3n) is 4.68. The van der Waals surface area contributed by atoms with Crippen LogP contribution in [0, 0.1) is 25.2 Å². The molecule has 3 aromatic rings. The lowest BCUT2D eigenvalue weighted by molar-refractivity contribution is -0.118. The first-order valence-electron chi connectivity index (χ1n) is 9.38. The van der Waals surface area contributed by atoms with E-state index in [0.29, 0.717) is 23.0 Å². The molecule has 0 radical (unpaired) electrons. The molecule has 9 nitrogen and oxygen atoms in total. The van der Waals surface area contributed by atoms with Gasteiger partial charge in [0, 0.05) is 17.3 Å². The fourth-order valence-corrected chi connectivity index (χ4v) is 2.92. The summed E-state index contributed by atoms with van der Waals surface area (Å²) in [6.45, 7) is 7.23. The molecular weight excluding hydrogens is 386 g/mol. The minimum Gasteiger partial charge on any atom is -0.497 e. The number of hydrogen-bond donors (Lipinski definition) is 1. The fourth-order valence-electron chi connectivity index (χ4n) is 2.92. The number of methoxy groups -OCH3 is 1. The van der Waals surface area contributed by atoms with Gasteiger partial charge in [0.05, 0.1) is 12.7 Å². The number of nitrogens with zero attached hydrogens (tertiary/aromatic N) is 4. The standard InChI is InChI=1S/C21H23N5O4/c1-12(2)19-24-21(30-25-19)29-11-18(27)23-20-17(10-22)13(3)14(4)26(20)15-6-8-16(28-5)9-7-15/h6-9,12H,11H2,1-5H3,(H,23,27). The Hall–Kier alpha value is -3.80. The number of carbonyl (C=O) groups excluding carboxylic acids is 1. The highest BCUT2D eigenvalue weighted by molar-refractivity contribution is 5.93. The third kappa shape index (κ3) is 4.12. The molecule has 2 heterocycles. The van der Waals surface area contributed by atoms with E-state index in [0.717, 1.165) is 16.9 Å². The van der Waals surface area contributed by atoms with Crippen molar-refractivity contribution in [2.24, 2.45) is 0 Å². The molecule has 0 fully saturated rings. The molecular formula is C21H23N5O4. The minimum atomic E-state index is -0.456. The fraction of sp³-hybridized carbons (Fsp3) is 0.333. The Bertz CT molecular complexity index is 1090. The molecule has 1 amide bonds. The lowest BCUT2D eigenvalue weighted by atomic mass is 10.2. The average molecular weight is 409 g/mol. The number of anilines is 1. The molecule has 0 saturated carbocycles. The monoisotopic (exact) mass is 409 g/mol. The van der Waals surface area contributed by atoms with Crippen LogP contribution in [0.15, 0.2) is 28.8 Å². The van der Waals surface area contributed by atoms with Crippen molar-refractivity contribution in [3.8, 4) is 23.6 Å². The SMILES string of the molecule is COc1ccc(-n2c(C)c(C)c(C#N)c2NC(=O)COc2nc(C(C)C)no2)cc1. The number of rotatable bonds is 7. The Morgan fingerprint density at radius 2 is 2.00 bits per heavy atom. The van der Waals surface area contributed by atoms with Crippen LogP contribution in [0.25, 0.3) is 5.69 Å². The van der Waals surface area contributed by atoms with Crippen molar-refractivity contribution < 1.29 is 18.8 Å². The van der Waals surface area contributed by atoms with E-state index in [1.165, 1.54) is 0 Å². The van der Waals surface area contributed by atoms with Crippen molar-refractivity contribution in [1.29, 1.82) is 5.26 Å². The molecule has 0 bridgehead atoms. The van der Waals surface area contributed by atoms with Crippen LogP contribution < -0.4 is 14.8 Å². The maximum atomic E-state index is 12.5. The first-order chi connectivity index (χ1) is 14.3. The molecule has 1 aromatic carbocycles. The van der Waals surface area contributed by atoms with Crippen LogP contribution in [0.2, 0.25) is 0 Å². The van der Waals surface area contributed by atoms with E-state index in [4.69, 9.17) is 14.0 Å². The molecule has 0 aliphatic rings. The minimum absolute atomic E-state index is 0.0766. The molecule has 2 aromatic heterocycles. The summed E-state index contributed by atoms with van der Waals surface area (Å²) in [6, 6.07) is 9.50. The topological polar surface area (TPSA) is 115 Å². The first kappa shape index (κ1) is 20.9. The van der Waals surface area contributed by atoms with Gasteiger partial charge < -0.3 is 14.8 Å². The molecule has 30 heavy (non-hydrogen) atoms. The zero-order chi connectivity index (χ0) is 21.8. The van der Waals surface area contributed by atoms with E-state index in [2.05, 4.69) is 21.5 Å². The summed E-state index contributed by atoms with van der Waals surface area (Å²) in [5.74, 6) is 1.21. The van der Waals surface area contributed by atoms with E-state index < -0.39 is 5.91 Å². The molecule has 0 spiro atoms. The Labute approximate surface area is 174 Å². The normalized spacial score (nSPS) is 10.7. The van der Waals surface area contributed by atoms with Crippen molar-refractivity contribution in [1.82, 2.24) is 14.7 Å². The summed E-state index contributed by atoms with van der Waals surface area (Å²) >= 11 is 0. The maximum Gasteiger partial charge on any atom is 0.417 e. The van der Waals surface area contributed by atoms with Gasteiger partial charge in [-0.3, -0.25) is 13.9 Å². The molecule has 1 N–H and O–H groups in total. The van der Waals surface area contributed by atoms with Gasteiger partial charge in [-0.2, -0.15) is 10.2 Å². The van der Waals surface area contributed by atoms with Crippen LogP contribution >= 0.6 is 0 Å². The highest BCUT2D eigenvalue weighted by Crippen LogP contribution is 2.30. The molecule has 9 heteroatoms. The summed E-state index contributed by atoms with van der Waals surface area (Å²) in [7, 11) is 1.59. The largest absolute Gasteiger partial charge is 0.497 e. The number of benzene rings is 1. The van der Waals surface area contributed by atoms with Gasteiger partial charge in [0.2, 0.25) is 0 Å². The van der Waals surface area contributed by atoms with Crippen molar-refractivity contribution in [3.63, 3.8) is 0 Å². The smallest absolute Gasteiger partial charge is 0.417 e. The molecule has 3 rings (SSSR count). The van der Waals surface area contributed by atoms with Crippen molar-refractivity contribution in [2.45, 2.75) is 33.6 Å². The van der Waals surface area contributed by atoms with Gasteiger partial charge >= 0.3 is 6.08 Å². The van der Waals surface area contributed by atoms with Crippen molar-refractivity contribution >= 4 is 11.7 Å². The lowest BCUT2D eigenvalue weighted by Gasteiger charge is -2.13. The second kappa shape index (κ2) is 8.69. The zero-order valence-corrected chi connectivity index (χ0v) is 17.5. The van der Waals surface area contributed by atoms with E-state index in [1.54, 1.807) is 7.11 Å². The molecule has 0 saturated heterocycles. The molecule has 0 aliphatic heterocycles. The zero-order valence-electron chi connectivity index (χ0n) is 17.5. The molecule has 0 aliphatic carbocycles. The quantitative estimate of drug-likeness (QED) is 0.635. The predicted octanol–water partition coefficient (Wildman–Crippen LogP) is 3.50. The van der Waals surface area contributed by atoms with E-state index in [9.17, 15) is 10.1 Å². The highest BCUT2D eigenvalue weighted by atomic mass is 16.6. The van der Waals surface area contributed by atoms with Crippen molar-refractivity contribution in [3.05, 3.63) is 46.9 Å². The number of nitrogens with one attached hydrogen (secondary N) is 1. The summed E-state index contributed by atoms with van der Waals surface area (Å²) in [5, 5.41) is 16.2. The number of hydrogen-bond acceptors (Lipinski definition) is 7. The van der Waals surface area contributed by atoms with Gasteiger partial charge in [0.15, 0.2) is 12.4 Å². The van der Waals surface area contributed by atoms with Gasteiger partial charge in [-0.05, 0) is 43.7 Å². The van der Waals surface area contributed by atoms with Gasteiger partial charge in [-0.15, -0.1) is 0 Å². The number of ether oxygens (including phenoxy) is 2. The van der Waals surface area contributed by atoms with Crippen LogP contribution in [0.5, 0.6) is 11.8 Å². The predicted molar refractivity (Wildman–Crippen MR) is 109 cm³/mol. The van der Waals surface area contributed by atoms with Crippen LogP contribution in [0.3, 0.4) is 0 Å². The first-order valence-corrected chi connectivity index (χ1v) is 9.38. The Balaban J connectivity index is 1.84. The second-order valence-electron chi connectivity index (χ2n) is 6.99. The second-order valence-corrected chi connectivity index (χ2v) is 6.99. The molecule has 0 unspecified atom stereocenters. The van der Waals surface area contributed by atoms with Gasteiger partial charge in [0.25, 0.3) is 5.91 Å². The number of aromatic nitrogens is 3. The van der Waals surface area contributed by atoms with Crippen LogP contribution in [-0.4, -0.2) is 34.3 Å². The summed E-state index contributed by atoms with van der Waals surface area (Å²) in [6.07, 6.45) is -0.0766. The maximum absolute atomic E-state index is 12.5. The van der Waals surface area contributed by atoms with Crippen LogP contribution in [-0.2, 0) is 4.79 Å². The lowest BCUT2D eigenvalue weighted by Crippen LogP contribution is -2.22. The average Bonchev–Trinajstić information content (AvgIpc) is 3.30. The van der Waals surface area contributed by atoms with Gasteiger partial charge in [0.1, 0.15) is 17.6 Å².